The second-order valence-electron chi connectivity index (χ2n) is 5.57. The van der Waals surface area contributed by atoms with Crippen LogP contribution in [0.25, 0.3) is 0 Å². The Morgan fingerprint density at radius 2 is 1.85 bits per heavy atom. The summed E-state index contributed by atoms with van der Waals surface area (Å²) in [5.41, 5.74) is 1.03. The van der Waals surface area contributed by atoms with Gasteiger partial charge >= 0.3 is 0 Å². The molecule has 0 bridgehead atoms. The van der Waals surface area contributed by atoms with Crippen LogP contribution in [0.3, 0.4) is 0 Å². The van der Waals surface area contributed by atoms with Crippen molar-refractivity contribution in [3.8, 4) is 0 Å². The standard InChI is InChI=1S/C16H23BrN2O/c1-18(2)14-9-6-10-15(14)19(16(20)11-12-17)13-7-4-3-5-8-13/h3-5,7-8,14-15H,6,9-12H2,1-2H3. The molecule has 2 rings (SSSR count). The van der Waals surface area contributed by atoms with E-state index in [2.05, 4.69) is 34.9 Å². The Bertz CT molecular complexity index is 435. The molecule has 0 saturated heterocycles. The highest BCUT2D eigenvalue weighted by molar-refractivity contribution is 9.09. The lowest BCUT2D eigenvalue weighted by atomic mass is 10.1. The maximum absolute atomic E-state index is 12.6. The van der Waals surface area contributed by atoms with E-state index in [0.717, 1.165) is 12.1 Å². The van der Waals surface area contributed by atoms with Gasteiger partial charge in [0.15, 0.2) is 0 Å². The Morgan fingerprint density at radius 1 is 1.20 bits per heavy atom. The summed E-state index contributed by atoms with van der Waals surface area (Å²) >= 11 is 3.39. The van der Waals surface area contributed by atoms with Crippen LogP contribution in [0, 0.1) is 0 Å². The normalized spacial score (nSPS) is 22.2. The zero-order valence-corrected chi connectivity index (χ0v) is 13.8. The van der Waals surface area contributed by atoms with Gasteiger partial charge in [0, 0.05) is 23.5 Å². The molecule has 1 aromatic carbocycles. The van der Waals surface area contributed by atoms with E-state index in [1.165, 1.54) is 12.8 Å². The van der Waals surface area contributed by atoms with Crippen molar-refractivity contribution in [1.82, 2.24) is 4.90 Å². The molecular formula is C16H23BrN2O. The van der Waals surface area contributed by atoms with E-state index in [1.54, 1.807) is 0 Å². The molecule has 0 spiro atoms. The number of carbonyl (C=O) groups is 1. The van der Waals surface area contributed by atoms with Crippen LogP contribution in [0.5, 0.6) is 0 Å². The van der Waals surface area contributed by atoms with Crippen LogP contribution in [-0.4, -0.2) is 42.3 Å². The molecule has 4 heteroatoms. The van der Waals surface area contributed by atoms with E-state index in [-0.39, 0.29) is 5.91 Å². The number of anilines is 1. The first-order valence-corrected chi connectivity index (χ1v) is 8.36. The van der Waals surface area contributed by atoms with Crippen molar-refractivity contribution < 1.29 is 4.79 Å². The molecule has 1 amide bonds. The molecule has 1 aromatic rings. The van der Waals surface area contributed by atoms with Gasteiger partial charge in [-0.05, 0) is 45.5 Å². The highest BCUT2D eigenvalue weighted by atomic mass is 79.9. The van der Waals surface area contributed by atoms with Crippen LogP contribution in [0.15, 0.2) is 30.3 Å². The number of hydrogen-bond acceptors (Lipinski definition) is 2. The van der Waals surface area contributed by atoms with E-state index >= 15 is 0 Å². The molecule has 1 fully saturated rings. The summed E-state index contributed by atoms with van der Waals surface area (Å²) in [7, 11) is 4.22. The lowest BCUT2D eigenvalue weighted by molar-refractivity contribution is -0.118. The number of benzene rings is 1. The molecule has 1 aliphatic rings. The van der Waals surface area contributed by atoms with Gasteiger partial charge in [-0.15, -0.1) is 0 Å². The Morgan fingerprint density at radius 3 is 2.45 bits per heavy atom. The van der Waals surface area contributed by atoms with Crippen LogP contribution < -0.4 is 4.90 Å². The second kappa shape index (κ2) is 7.23. The maximum Gasteiger partial charge on any atom is 0.228 e. The average Bonchev–Trinajstić information content (AvgIpc) is 2.90. The summed E-state index contributed by atoms with van der Waals surface area (Å²) in [5, 5.41) is 0.717. The van der Waals surface area contributed by atoms with Gasteiger partial charge in [-0.3, -0.25) is 4.79 Å². The fraction of sp³-hybridized carbons (Fsp3) is 0.562. The number of likely N-dealkylation sites (N-methyl/N-ethyl adjacent to an activating group) is 1. The van der Waals surface area contributed by atoms with Gasteiger partial charge in [0.1, 0.15) is 0 Å². The van der Waals surface area contributed by atoms with E-state index < -0.39 is 0 Å². The Balaban J connectivity index is 2.29. The summed E-state index contributed by atoms with van der Waals surface area (Å²) in [6.45, 7) is 0. The van der Waals surface area contributed by atoms with Gasteiger partial charge in [0.05, 0.1) is 6.04 Å². The minimum Gasteiger partial charge on any atom is -0.308 e. The largest absolute Gasteiger partial charge is 0.308 e. The van der Waals surface area contributed by atoms with Crippen molar-refractivity contribution in [2.45, 2.75) is 37.8 Å². The zero-order valence-electron chi connectivity index (χ0n) is 12.3. The molecule has 20 heavy (non-hydrogen) atoms. The van der Waals surface area contributed by atoms with Crippen molar-refractivity contribution in [3.05, 3.63) is 30.3 Å². The van der Waals surface area contributed by atoms with E-state index in [9.17, 15) is 4.79 Å². The predicted octanol–water partition coefficient (Wildman–Crippen LogP) is 3.29. The number of para-hydroxylation sites is 1. The molecule has 0 N–H and O–H groups in total. The van der Waals surface area contributed by atoms with Crippen molar-refractivity contribution in [2.24, 2.45) is 0 Å². The monoisotopic (exact) mass is 338 g/mol. The van der Waals surface area contributed by atoms with Gasteiger partial charge in [-0.25, -0.2) is 0 Å². The maximum atomic E-state index is 12.6. The van der Waals surface area contributed by atoms with Crippen molar-refractivity contribution in [3.63, 3.8) is 0 Å². The summed E-state index contributed by atoms with van der Waals surface area (Å²) in [6, 6.07) is 10.8. The SMILES string of the molecule is CN(C)C1CCCC1N(C(=O)CCBr)c1ccccc1. The van der Waals surface area contributed by atoms with Crippen LogP contribution in [0.2, 0.25) is 0 Å². The fourth-order valence-electron chi connectivity index (χ4n) is 3.13. The summed E-state index contributed by atoms with van der Waals surface area (Å²) in [6.07, 6.45) is 4.00. The number of nitrogens with zero attached hydrogens (tertiary/aromatic N) is 2. The Hall–Kier alpha value is -0.870. The van der Waals surface area contributed by atoms with Crippen LogP contribution in [0.1, 0.15) is 25.7 Å². The number of amides is 1. The minimum atomic E-state index is 0.215. The first-order valence-electron chi connectivity index (χ1n) is 7.24. The molecule has 0 radical (unpaired) electrons. The third-order valence-electron chi connectivity index (χ3n) is 4.05. The van der Waals surface area contributed by atoms with Gasteiger partial charge in [-0.2, -0.15) is 0 Å². The number of rotatable bonds is 5. The third kappa shape index (κ3) is 3.41. The topological polar surface area (TPSA) is 23.6 Å². The molecular weight excluding hydrogens is 316 g/mol. The Kier molecular flexibility index (Phi) is 5.61. The highest BCUT2D eigenvalue weighted by Crippen LogP contribution is 2.31. The smallest absolute Gasteiger partial charge is 0.228 e. The molecule has 1 saturated carbocycles. The third-order valence-corrected chi connectivity index (χ3v) is 4.45. The summed E-state index contributed by atoms with van der Waals surface area (Å²) in [5.74, 6) is 0.215. The number of hydrogen-bond donors (Lipinski definition) is 0. The van der Waals surface area contributed by atoms with Crippen LogP contribution in [-0.2, 0) is 4.79 Å². The van der Waals surface area contributed by atoms with E-state index in [0.29, 0.717) is 23.8 Å². The lowest BCUT2D eigenvalue weighted by Crippen LogP contribution is -2.49. The summed E-state index contributed by atoms with van der Waals surface area (Å²) < 4.78 is 0. The molecule has 110 valence electrons. The van der Waals surface area contributed by atoms with Crippen LogP contribution in [0.4, 0.5) is 5.69 Å². The molecule has 0 heterocycles. The first-order chi connectivity index (χ1) is 9.65. The summed E-state index contributed by atoms with van der Waals surface area (Å²) in [4.78, 5) is 16.9. The molecule has 1 aliphatic carbocycles. The molecule has 2 atom stereocenters. The Labute approximate surface area is 130 Å². The lowest BCUT2D eigenvalue weighted by Gasteiger charge is -2.36. The van der Waals surface area contributed by atoms with Gasteiger partial charge in [0.2, 0.25) is 5.91 Å². The van der Waals surface area contributed by atoms with Crippen molar-refractivity contribution in [2.75, 3.05) is 24.3 Å². The quantitative estimate of drug-likeness (QED) is 0.769. The number of carbonyl (C=O) groups excluding carboxylic acids is 1. The number of halogens is 1. The fourth-order valence-corrected chi connectivity index (χ4v) is 3.47. The molecule has 0 aliphatic heterocycles. The number of alkyl halides is 1. The minimum absolute atomic E-state index is 0.215. The molecule has 3 nitrogen and oxygen atoms in total. The van der Waals surface area contributed by atoms with E-state index in [1.807, 2.05) is 35.2 Å². The van der Waals surface area contributed by atoms with Crippen molar-refractivity contribution in [1.29, 1.82) is 0 Å². The van der Waals surface area contributed by atoms with Gasteiger partial charge in [-0.1, -0.05) is 34.1 Å². The second-order valence-corrected chi connectivity index (χ2v) is 6.36. The predicted molar refractivity (Wildman–Crippen MR) is 87.5 cm³/mol. The van der Waals surface area contributed by atoms with Gasteiger partial charge < -0.3 is 9.80 Å². The van der Waals surface area contributed by atoms with E-state index in [4.69, 9.17) is 0 Å². The van der Waals surface area contributed by atoms with Crippen LogP contribution >= 0.6 is 15.9 Å². The molecule has 2 unspecified atom stereocenters. The zero-order chi connectivity index (χ0) is 14.5. The first kappa shape index (κ1) is 15.5. The molecule has 0 aromatic heterocycles. The van der Waals surface area contributed by atoms with Crippen molar-refractivity contribution >= 4 is 27.5 Å². The van der Waals surface area contributed by atoms with Gasteiger partial charge in [0.25, 0.3) is 0 Å². The average molecular weight is 339 g/mol. The highest BCUT2D eigenvalue weighted by Gasteiger charge is 2.36.